The van der Waals surface area contributed by atoms with Gasteiger partial charge in [-0.1, -0.05) is 29.5 Å². The summed E-state index contributed by atoms with van der Waals surface area (Å²) in [5.41, 5.74) is 2.04. The molecule has 0 unspecified atom stereocenters. The summed E-state index contributed by atoms with van der Waals surface area (Å²) in [6.45, 7) is 6.39. The van der Waals surface area contributed by atoms with Crippen LogP contribution in [0.4, 0.5) is 0 Å². The lowest BCUT2D eigenvalue weighted by atomic mass is 10.2. The molecular weight excluding hydrogens is 406 g/mol. The van der Waals surface area contributed by atoms with Gasteiger partial charge in [-0.25, -0.2) is 9.50 Å². The lowest BCUT2D eigenvalue weighted by molar-refractivity contribution is 0.0711. The third-order valence-electron chi connectivity index (χ3n) is 4.79. The van der Waals surface area contributed by atoms with Gasteiger partial charge >= 0.3 is 0 Å². The van der Waals surface area contributed by atoms with Gasteiger partial charge in [0.15, 0.2) is 0 Å². The number of para-hydroxylation sites is 1. The molecule has 3 heterocycles. The first kappa shape index (κ1) is 20.6. The van der Waals surface area contributed by atoms with E-state index in [9.17, 15) is 5.11 Å². The Hall–Kier alpha value is -1.65. The monoisotopic (exact) mass is 433 g/mol. The van der Waals surface area contributed by atoms with Crippen molar-refractivity contribution in [3.8, 4) is 5.75 Å². The maximum absolute atomic E-state index is 10.3. The van der Waals surface area contributed by atoms with Gasteiger partial charge < -0.3 is 15.2 Å². The van der Waals surface area contributed by atoms with Crippen LogP contribution < -0.4 is 10.1 Å². The molecule has 0 aliphatic carbocycles. The Morgan fingerprint density at radius 1 is 1.24 bits per heavy atom. The molecular formula is C20H27N5O2S2. The summed E-state index contributed by atoms with van der Waals surface area (Å²) in [6.07, 6.45) is 1.48. The summed E-state index contributed by atoms with van der Waals surface area (Å²) in [5.74, 6) is 3.11. The minimum absolute atomic E-state index is 0.309. The van der Waals surface area contributed by atoms with Gasteiger partial charge in [0.2, 0.25) is 4.96 Å². The van der Waals surface area contributed by atoms with Crippen LogP contribution in [0.5, 0.6) is 5.75 Å². The highest BCUT2D eigenvalue weighted by Crippen LogP contribution is 2.19. The van der Waals surface area contributed by atoms with Crippen LogP contribution in [-0.2, 0) is 13.1 Å². The molecule has 0 amide bonds. The molecule has 9 heteroatoms. The highest BCUT2D eigenvalue weighted by Gasteiger charge is 2.16. The van der Waals surface area contributed by atoms with Crippen LogP contribution in [0.3, 0.4) is 0 Å². The van der Waals surface area contributed by atoms with E-state index in [4.69, 9.17) is 4.74 Å². The zero-order valence-electron chi connectivity index (χ0n) is 16.6. The van der Waals surface area contributed by atoms with E-state index >= 15 is 0 Å². The van der Waals surface area contributed by atoms with Crippen molar-refractivity contribution in [2.75, 3.05) is 37.7 Å². The third kappa shape index (κ3) is 5.70. The van der Waals surface area contributed by atoms with Crippen LogP contribution in [-0.4, -0.2) is 68.5 Å². The Kier molecular flexibility index (Phi) is 7.04. The topological polar surface area (TPSA) is 74.9 Å². The van der Waals surface area contributed by atoms with Crippen molar-refractivity contribution >= 4 is 28.1 Å². The summed E-state index contributed by atoms with van der Waals surface area (Å²) in [6, 6.07) is 7.98. The molecule has 2 aromatic heterocycles. The third-order valence-corrected chi connectivity index (χ3v) is 6.57. The lowest BCUT2D eigenvalue weighted by Crippen LogP contribution is -2.40. The van der Waals surface area contributed by atoms with E-state index in [1.807, 2.05) is 53.7 Å². The Morgan fingerprint density at radius 3 is 2.90 bits per heavy atom. The van der Waals surface area contributed by atoms with Crippen LogP contribution in [0, 0.1) is 6.92 Å². The van der Waals surface area contributed by atoms with E-state index in [1.165, 1.54) is 0 Å². The number of aliphatic hydroxyl groups excluding tert-OH is 1. The first-order valence-electron chi connectivity index (χ1n) is 9.88. The molecule has 1 saturated heterocycles. The minimum atomic E-state index is -0.478. The fourth-order valence-electron chi connectivity index (χ4n) is 3.37. The number of imidazole rings is 1. The maximum Gasteiger partial charge on any atom is 0.212 e. The van der Waals surface area contributed by atoms with E-state index in [0.29, 0.717) is 26.2 Å². The molecule has 7 nitrogen and oxygen atoms in total. The first-order valence-corrected chi connectivity index (χ1v) is 11.9. The molecule has 1 aliphatic rings. The molecule has 3 aromatic rings. The predicted octanol–water partition coefficient (Wildman–Crippen LogP) is 2.18. The van der Waals surface area contributed by atoms with Crippen LogP contribution in [0.2, 0.25) is 0 Å². The van der Waals surface area contributed by atoms with Crippen LogP contribution in [0.1, 0.15) is 16.3 Å². The molecule has 1 aliphatic heterocycles. The number of fused-ring (bicyclic) bond motifs is 1. The zero-order valence-corrected chi connectivity index (χ0v) is 18.2. The second-order valence-corrected chi connectivity index (χ2v) is 9.55. The smallest absolute Gasteiger partial charge is 0.212 e. The van der Waals surface area contributed by atoms with Crippen molar-refractivity contribution in [3.05, 3.63) is 46.7 Å². The van der Waals surface area contributed by atoms with Crippen LogP contribution in [0.15, 0.2) is 30.5 Å². The van der Waals surface area contributed by atoms with E-state index in [1.54, 1.807) is 11.3 Å². The zero-order chi connectivity index (χ0) is 20.1. The second-order valence-electron chi connectivity index (χ2n) is 7.17. The van der Waals surface area contributed by atoms with Crippen molar-refractivity contribution in [2.24, 2.45) is 0 Å². The lowest BCUT2D eigenvalue weighted by Gasteiger charge is -2.28. The molecule has 29 heavy (non-hydrogen) atoms. The molecule has 156 valence electrons. The van der Waals surface area contributed by atoms with E-state index in [-0.39, 0.29) is 0 Å². The summed E-state index contributed by atoms with van der Waals surface area (Å²) >= 11 is 3.57. The number of hydrogen-bond acceptors (Lipinski definition) is 8. The molecule has 0 spiro atoms. The number of benzene rings is 1. The van der Waals surface area contributed by atoms with Crippen molar-refractivity contribution in [1.29, 1.82) is 0 Å². The average molecular weight is 434 g/mol. The van der Waals surface area contributed by atoms with Crippen LogP contribution >= 0.6 is 23.1 Å². The Labute approximate surface area is 179 Å². The van der Waals surface area contributed by atoms with Crippen LogP contribution in [0.25, 0.3) is 4.96 Å². The summed E-state index contributed by atoms with van der Waals surface area (Å²) in [7, 11) is 0. The van der Waals surface area contributed by atoms with Gasteiger partial charge in [-0.15, -0.1) is 0 Å². The average Bonchev–Trinajstić information content (AvgIpc) is 3.25. The molecule has 4 rings (SSSR count). The standard InChI is InChI=1S/C20H27N5O2S2/c1-15-23-25-12-17(22-20(25)29-15)11-21-10-16-4-2-3-5-19(16)27-14-18(26)13-24-6-8-28-9-7-24/h2-5,12,18,21,26H,6-11,13-14H2,1H3/t18-/m1/s1. The van der Waals surface area contributed by atoms with Crippen molar-refractivity contribution in [2.45, 2.75) is 26.1 Å². The largest absolute Gasteiger partial charge is 0.491 e. The number of nitrogens with zero attached hydrogens (tertiary/aromatic N) is 4. The maximum atomic E-state index is 10.3. The van der Waals surface area contributed by atoms with Gasteiger partial charge in [-0.3, -0.25) is 4.90 Å². The number of rotatable bonds is 9. The molecule has 0 bridgehead atoms. The highest BCUT2D eigenvalue weighted by molar-refractivity contribution is 7.99. The normalized spacial score (nSPS) is 16.3. The van der Waals surface area contributed by atoms with Crippen molar-refractivity contribution in [3.63, 3.8) is 0 Å². The number of hydrogen-bond donors (Lipinski definition) is 2. The number of thioether (sulfide) groups is 1. The summed E-state index contributed by atoms with van der Waals surface area (Å²) < 4.78 is 7.77. The van der Waals surface area contributed by atoms with Crippen molar-refractivity contribution < 1.29 is 9.84 Å². The Bertz CT molecular complexity index is 891. The molecule has 1 atom stereocenters. The Balaban J connectivity index is 1.26. The number of ether oxygens (including phenoxy) is 1. The molecule has 2 N–H and O–H groups in total. The molecule has 1 aromatic carbocycles. The minimum Gasteiger partial charge on any atom is -0.491 e. The number of aryl methyl sites for hydroxylation is 1. The number of aliphatic hydroxyl groups is 1. The van der Waals surface area contributed by atoms with Crippen molar-refractivity contribution in [1.82, 2.24) is 24.8 Å². The second kappa shape index (κ2) is 9.90. The number of β-amino-alcohol motifs (C(OH)–C–C–N with tert-alkyl or cyclic N) is 1. The van der Waals surface area contributed by atoms with Gasteiger partial charge in [0.1, 0.15) is 23.5 Å². The molecule has 0 saturated carbocycles. The summed E-state index contributed by atoms with van der Waals surface area (Å²) in [5, 5.41) is 19.2. The van der Waals surface area contributed by atoms with Gasteiger partial charge in [-0.2, -0.15) is 16.9 Å². The van der Waals surface area contributed by atoms with Gasteiger partial charge in [-0.05, 0) is 13.0 Å². The molecule has 0 radical (unpaired) electrons. The van der Waals surface area contributed by atoms with Gasteiger partial charge in [0.25, 0.3) is 0 Å². The first-order chi connectivity index (χ1) is 14.2. The SMILES string of the molecule is Cc1nn2cc(CNCc3ccccc3OC[C@H](O)CN3CCSCC3)nc2s1. The van der Waals surface area contributed by atoms with E-state index in [2.05, 4.69) is 20.3 Å². The number of aromatic nitrogens is 3. The fraction of sp³-hybridized carbons (Fsp3) is 0.500. The van der Waals surface area contributed by atoms with Gasteiger partial charge in [0, 0.05) is 49.8 Å². The Morgan fingerprint density at radius 2 is 2.07 bits per heavy atom. The van der Waals surface area contributed by atoms with E-state index in [0.717, 1.165) is 51.6 Å². The predicted molar refractivity (Wildman–Crippen MR) is 118 cm³/mol. The fourth-order valence-corrected chi connectivity index (χ4v) is 5.09. The highest BCUT2D eigenvalue weighted by atomic mass is 32.2. The quantitative estimate of drug-likeness (QED) is 0.536. The summed E-state index contributed by atoms with van der Waals surface area (Å²) in [4.78, 5) is 7.82. The number of nitrogens with one attached hydrogen (secondary N) is 1. The van der Waals surface area contributed by atoms with Gasteiger partial charge in [0.05, 0.1) is 11.9 Å². The molecule has 1 fully saturated rings. The van der Waals surface area contributed by atoms with E-state index < -0.39 is 6.10 Å².